The van der Waals surface area contributed by atoms with Crippen LogP contribution in [0.15, 0.2) is 11.6 Å². The Labute approximate surface area is 97.7 Å². The molecule has 1 fully saturated rings. The molecule has 0 aromatic carbocycles. The average molecular weight is 243 g/mol. The number of ether oxygens (including phenoxy) is 1. The molecule has 0 aliphatic heterocycles. The quantitative estimate of drug-likeness (QED) is 0.706. The summed E-state index contributed by atoms with van der Waals surface area (Å²) in [6.45, 7) is 0. The normalized spacial score (nSPS) is 17.6. The van der Waals surface area contributed by atoms with Crippen molar-refractivity contribution in [3.8, 4) is 0 Å². The highest BCUT2D eigenvalue weighted by molar-refractivity contribution is 7.73. The Kier molecular flexibility index (Phi) is 3.53. The topological polar surface area (TPSA) is 31.2 Å². The summed E-state index contributed by atoms with van der Waals surface area (Å²) in [5.41, 5.74) is 0. The molecule has 1 aliphatic carbocycles. The number of carbonyl (C=O) groups is 1. The predicted octanol–water partition coefficient (Wildman–Crippen LogP) is 3.60. The first-order valence-corrected chi connectivity index (χ1v) is 6.43. The fraction of sp³-hybridized carbons (Fsp3) is 0.600. The molecular formula is C10H13NO2S2. The van der Waals surface area contributed by atoms with Crippen LogP contribution < -0.4 is 0 Å². The van der Waals surface area contributed by atoms with E-state index in [1.165, 1.54) is 22.3 Å². The van der Waals surface area contributed by atoms with E-state index in [-0.39, 0.29) is 12.2 Å². The van der Waals surface area contributed by atoms with Gasteiger partial charge in [-0.25, -0.2) is 9.36 Å². The van der Waals surface area contributed by atoms with Crippen molar-refractivity contribution in [2.24, 2.45) is 0 Å². The van der Waals surface area contributed by atoms with Crippen LogP contribution in [0.3, 0.4) is 0 Å². The largest absolute Gasteiger partial charge is 0.446 e. The van der Waals surface area contributed by atoms with Gasteiger partial charge in [0.1, 0.15) is 6.10 Å². The van der Waals surface area contributed by atoms with Gasteiger partial charge in [0, 0.05) is 11.6 Å². The first-order valence-electron chi connectivity index (χ1n) is 5.14. The molecule has 15 heavy (non-hydrogen) atoms. The molecule has 2 rings (SSSR count). The van der Waals surface area contributed by atoms with Gasteiger partial charge in [-0.3, -0.25) is 0 Å². The standard InChI is InChI=1S/C10H13NO2S2/c12-9(11-6-7-15-10(11)14)13-8-4-2-1-3-5-8/h6-8H,1-5H2. The van der Waals surface area contributed by atoms with E-state index >= 15 is 0 Å². The summed E-state index contributed by atoms with van der Waals surface area (Å²) in [5, 5.41) is 1.80. The lowest BCUT2D eigenvalue weighted by molar-refractivity contribution is 0.0763. The van der Waals surface area contributed by atoms with E-state index in [1.807, 2.05) is 0 Å². The highest BCUT2D eigenvalue weighted by Gasteiger charge is 2.18. The van der Waals surface area contributed by atoms with Crippen LogP contribution in [0.4, 0.5) is 4.79 Å². The van der Waals surface area contributed by atoms with E-state index in [1.54, 1.807) is 11.6 Å². The Morgan fingerprint density at radius 3 is 2.80 bits per heavy atom. The second-order valence-electron chi connectivity index (χ2n) is 3.68. The van der Waals surface area contributed by atoms with Crippen LogP contribution in [0.25, 0.3) is 0 Å². The monoisotopic (exact) mass is 243 g/mol. The third kappa shape index (κ3) is 2.66. The van der Waals surface area contributed by atoms with Crippen molar-refractivity contribution in [3.05, 3.63) is 15.5 Å². The minimum atomic E-state index is -0.326. The molecular weight excluding hydrogens is 230 g/mol. The van der Waals surface area contributed by atoms with E-state index < -0.39 is 0 Å². The molecule has 0 atom stereocenters. The van der Waals surface area contributed by atoms with Gasteiger partial charge >= 0.3 is 6.09 Å². The predicted molar refractivity (Wildman–Crippen MR) is 61.9 cm³/mol. The van der Waals surface area contributed by atoms with Gasteiger partial charge in [-0.2, -0.15) is 0 Å². The Hall–Kier alpha value is -0.680. The first kappa shape index (κ1) is 10.8. The van der Waals surface area contributed by atoms with Gasteiger partial charge in [-0.15, -0.1) is 11.3 Å². The Bertz CT molecular complexity index is 390. The zero-order valence-electron chi connectivity index (χ0n) is 8.35. The molecule has 0 spiro atoms. The highest BCUT2D eigenvalue weighted by atomic mass is 32.1. The van der Waals surface area contributed by atoms with Gasteiger partial charge in [-0.05, 0) is 37.9 Å². The SMILES string of the molecule is O=C(OC1CCCCC1)n1ccsc1=S. The van der Waals surface area contributed by atoms with E-state index in [9.17, 15) is 4.79 Å². The molecule has 0 N–H and O–H groups in total. The summed E-state index contributed by atoms with van der Waals surface area (Å²) in [7, 11) is 0. The van der Waals surface area contributed by atoms with Gasteiger partial charge in [0.15, 0.2) is 3.95 Å². The average Bonchev–Trinajstić information content (AvgIpc) is 2.66. The number of nitrogens with zero attached hydrogens (tertiary/aromatic N) is 1. The van der Waals surface area contributed by atoms with Crippen molar-refractivity contribution in [1.29, 1.82) is 0 Å². The lowest BCUT2D eigenvalue weighted by Crippen LogP contribution is -2.23. The van der Waals surface area contributed by atoms with Crippen LogP contribution in [-0.4, -0.2) is 16.8 Å². The molecule has 82 valence electrons. The van der Waals surface area contributed by atoms with Gasteiger partial charge < -0.3 is 4.74 Å². The van der Waals surface area contributed by atoms with Crippen molar-refractivity contribution in [3.63, 3.8) is 0 Å². The third-order valence-electron chi connectivity index (χ3n) is 2.59. The van der Waals surface area contributed by atoms with Crippen molar-refractivity contribution in [1.82, 2.24) is 4.57 Å². The summed E-state index contributed by atoms with van der Waals surface area (Å²) >= 11 is 6.38. The Balaban J connectivity index is 1.97. The molecule has 0 unspecified atom stereocenters. The van der Waals surface area contributed by atoms with Crippen molar-refractivity contribution in [2.45, 2.75) is 38.2 Å². The molecule has 0 radical (unpaired) electrons. The highest BCUT2D eigenvalue weighted by Crippen LogP contribution is 2.21. The van der Waals surface area contributed by atoms with E-state index in [0.29, 0.717) is 3.95 Å². The van der Waals surface area contributed by atoms with E-state index in [2.05, 4.69) is 0 Å². The molecule has 1 aromatic rings. The number of rotatable bonds is 1. The zero-order valence-corrected chi connectivity index (χ0v) is 9.98. The number of hydrogen-bond acceptors (Lipinski definition) is 4. The fourth-order valence-corrected chi connectivity index (χ4v) is 2.63. The van der Waals surface area contributed by atoms with Crippen LogP contribution in [0.5, 0.6) is 0 Å². The van der Waals surface area contributed by atoms with Gasteiger partial charge in [0.2, 0.25) is 0 Å². The lowest BCUT2D eigenvalue weighted by atomic mass is 9.98. The second-order valence-corrected chi connectivity index (χ2v) is 5.22. The number of thiazole rings is 1. The number of aromatic nitrogens is 1. The van der Waals surface area contributed by atoms with Gasteiger partial charge in [0.25, 0.3) is 0 Å². The summed E-state index contributed by atoms with van der Waals surface area (Å²) in [5.74, 6) is 0. The summed E-state index contributed by atoms with van der Waals surface area (Å²) in [6.07, 6.45) is 6.98. The molecule has 5 heteroatoms. The van der Waals surface area contributed by atoms with E-state index in [4.69, 9.17) is 17.0 Å². The van der Waals surface area contributed by atoms with Crippen molar-refractivity contribution >= 4 is 29.6 Å². The lowest BCUT2D eigenvalue weighted by Gasteiger charge is -2.21. The minimum Gasteiger partial charge on any atom is -0.446 e. The zero-order chi connectivity index (χ0) is 10.7. The minimum absolute atomic E-state index is 0.0908. The molecule has 0 amide bonds. The van der Waals surface area contributed by atoms with Crippen LogP contribution >= 0.6 is 23.6 Å². The van der Waals surface area contributed by atoms with Crippen LogP contribution in [0.2, 0.25) is 0 Å². The maximum atomic E-state index is 11.7. The third-order valence-corrected chi connectivity index (χ3v) is 3.73. The smallest absolute Gasteiger partial charge is 0.420 e. The molecule has 0 bridgehead atoms. The maximum Gasteiger partial charge on any atom is 0.420 e. The molecule has 1 aliphatic rings. The van der Waals surface area contributed by atoms with Crippen molar-refractivity contribution < 1.29 is 9.53 Å². The van der Waals surface area contributed by atoms with E-state index in [0.717, 1.165) is 25.7 Å². The summed E-state index contributed by atoms with van der Waals surface area (Å²) < 4.78 is 7.33. The molecule has 0 saturated heterocycles. The Morgan fingerprint density at radius 1 is 1.47 bits per heavy atom. The Morgan fingerprint density at radius 2 is 2.20 bits per heavy atom. The van der Waals surface area contributed by atoms with Crippen molar-refractivity contribution in [2.75, 3.05) is 0 Å². The second kappa shape index (κ2) is 4.90. The molecule has 1 aromatic heterocycles. The van der Waals surface area contributed by atoms with Gasteiger partial charge in [0.05, 0.1) is 0 Å². The van der Waals surface area contributed by atoms with Crippen LogP contribution in [-0.2, 0) is 4.74 Å². The number of hydrogen-bond donors (Lipinski definition) is 0. The molecule has 1 saturated carbocycles. The van der Waals surface area contributed by atoms with Crippen LogP contribution in [0, 0.1) is 3.95 Å². The number of carbonyl (C=O) groups excluding carboxylic acids is 1. The first-order chi connectivity index (χ1) is 7.27. The van der Waals surface area contributed by atoms with Gasteiger partial charge in [-0.1, -0.05) is 6.42 Å². The maximum absolute atomic E-state index is 11.7. The van der Waals surface area contributed by atoms with Crippen LogP contribution in [0.1, 0.15) is 32.1 Å². The fourth-order valence-electron chi connectivity index (χ4n) is 1.78. The summed E-state index contributed by atoms with van der Waals surface area (Å²) in [4.78, 5) is 11.7. The molecule has 1 heterocycles. The molecule has 3 nitrogen and oxygen atoms in total. The summed E-state index contributed by atoms with van der Waals surface area (Å²) in [6, 6.07) is 0.